The van der Waals surface area contributed by atoms with E-state index in [-0.39, 0.29) is 6.04 Å². The van der Waals surface area contributed by atoms with Crippen molar-refractivity contribution in [3.63, 3.8) is 0 Å². The summed E-state index contributed by atoms with van der Waals surface area (Å²) < 4.78 is 0. The molecule has 4 nitrogen and oxygen atoms in total. The second-order valence-corrected chi connectivity index (χ2v) is 2.84. The van der Waals surface area contributed by atoms with Crippen LogP contribution in [0.2, 0.25) is 0 Å². The molecule has 0 aromatic heterocycles. The molecule has 4 heteroatoms. The van der Waals surface area contributed by atoms with Gasteiger partial charge in [0.15, 0.2) is 11.7 Å². The van der Waals surface area contributed by atoms with Crippen molar-refractivity contribution in [2.75, 3.05) is 0 Å². The zero-order chi connectivity index (χ0) is 9.72. The number of carbonyl (C=O) groups excluding carboxylic acids is 2. The van der Waals surface area contributed by atoms with Crippen LogP contribution in [0, 0.1) is 17.2 Å². The van der Waals surface area contributed by atoms with E-state index in [0.717, 1.165) is 0 Å². The van der Waals surface area contributed by atoms with E-state index in [1.807, 2.05) is 0 Å². The fraction of sp³-hybridized carbons (Fsp3) is 0.625. The minimum absolute atomic E-state index is 0.0484. The Hall–Kier alpha value is -1.37. The van der Waals surface area contributed by atoms with Gasteiger partial charge in [-0.15, -0.1) is 0 Å². The number of ketones is 1. The van der Waals surface area contributed by atoms with Gasteiger partial charge in [0.25, 0.3) is 0 Å². The Kier molecular flexibility index (Phi) is 3.98. The Morgan fingerprint density at radius 3 is 2.17 bits per heavy atom. The Morgan fingerprint density at radius 1 is 1.42 bits per heavy atom. The van der Waals surface area contributed by atoms with Crippen LogP contribution in [-0.2, 0) is 9.59 Å². The van der Waals surface area contributed by atoms with Gasteiger partial charge in [-0.3, -0.25) is 9.59 Å². The van der Waals surface area contributed by atoms with Crippen molar-refractivity contribution in [3.05, 3.63) is 0 Å². The van der Waals surface area contributed by atoms with E-state index in [2.05, 4.69) is 5.32 Å². The maximum Gasteiger partial charge on any atom is 0.245 e. The number of rotatable bonds is 3. The third-order valence-corrected chi connectivity index (χ3v) is 1.23. The van der Waals surface area contributed by atoms with Crippen molar-refractivity contribution < 1.29 is 9.59 Å². The van der Waals surface area contributed by atoms with Gasteiger partial charge in [-0.25, -0.2) is 0 Å². The predicted molar refractivity (Wildman–Crippen MR) is 43.1 cm³/mol. The summed E-state index contributed by atoms with van der Waals surface area (Å²) in [6.07, 6.45) is 0. The Labute approximate surface area is 71.6 Å². The summed E-state index contributed by atoms with van der Waals surface area (Å²) in [5, 5.41) is 10.9. The molecule has 0 radical (unpaired) electrons. The van der Waals surface area contributed by atoms with Crippen LogP contribution in [0.4, 0.5) is 0 Å². The van der Waals surface area contributed by atoms with E-state index in [0.29, 0.717) is 0 Å². The lowest BCUT2D eigenvalue weighted by atomic mass is 10.1. The van der Waals surface area contributed by atoms with Gasteiger partial charge in [-0.05, 0) is 20.8 Å². The summed E-state index contributed by atoms with van der Waals surface area (Å²) in [7, 11) is 0. The van der Waals surface area contributed by atoms with Crippen LogP contribution in [0.1, 0.15) is 20.8 Å². The zero-order valence-corrected chi connectivity index (χ0v) is 7.42. The first-order chi connectivity index (χ1) is 5.49. The van der Waals surface area contributed by atoms with Crippen LogP contribution in [0.3, 0.4) is 0 Å². The van der Waals surface area contributed by atoms with Gasteiger partial charge in [-0.1, -0.05) is 0 Å². The first-order valence-corrected chi connectivity index (χ1v) is 3.69. The van der Waals surface area contributed by atoms with Crippen LogP contribution >= 0.6 is 0 Å². The molecule has 1 atom stereocenters. The summed E-state index contributed by atoms with van der Waals surface area (Å²) in [5.41, 5.74) is 0. The molecule has 0 rings (SSSR count). The minimum atomic E-state index is -1.16. The summed E-state index contributed by atoms with van der Waals surface area (Å²) in [5.74, 6) is -2.09. The van der Waals surface area contributed by atoms with Gasteiger partial charge in [-0.2, -0.15) is 5.26 Å². The second-order valence-electron chi connectivity index (χ2n) is 2.84. The quantitative estimate of drug-likeness (QED) is 0.613. The number of hydrogen-bond donors (Lipinski definition) is 1. The molecule has 0 aromatic carbocycles. The average molecular weight is 168 g/mol. The predicted octanol–water partition coefficient (Wildman–Crippen LogP) is 0.240. The lowest BCUT2D eigenvalue weighted by molar-refractivity contribution is -0.130. The Bertz CT molecular complexity index is 228. The second kappa shape index (κ2) is 4.50. The fourth-order valence-electron chi connectivity index (χ4n) is 0.702. The molecule has 0 bridgehead atoms. The van der Waals surface area contributed by atoms with Gasteiger partial charge in [0.2, 0.25) is 5.91 Å². The number of nitrogens with one attached hydrogen (secondary N) is 1. The van der Waals surface area contributed by atoms with Crippen LogP contribution in [0.15, 0.2) is 0 Å². The SMILES string of the molecule is CC(=O)C(C#N)C(=O)NC(C)C. The minimum Gasteiger partial charge on any atom is -0.352 e. The van der Waals surface area contributed by atoms with Crippen molar-refractivity contribution in [2.45, 2.75) is 26.8 Å². The number of hydrogen-bond acceptors (Lipinski definition) is 3. The number of Topliss-reactive ketones (excluding diaryl/α,β-unsaturated/α-hetero) is 1. The van der Waals surface area contributed by atoms with Crippen molar-refractivity contribution in [1.82, 2.24) is 5.32 Å². The van der Waals surface area contributed by atoms with Gasteiger partial charge < -0.3 is 5.32 Å². The zero-order valence-electron chi connectivity index (χ0n) is 7.42. The highest BCUT2D eigenvalue weighted by molar-refractivity contribution is 6.02. The Balaban J connectivity index is 4.26. The van der Waals surface area contributed by atoms with Crippen LogP contribution in [0.25, 0.3) is 0 Å². The third kappa shape index (κ3) is 3.15. The topological polar surface area (TPSA) is 70.0 Å². The van der Waals surface area contributed by atoms with E-state index < -0.39 is 17.6 Å². The molecule has 1 N–H and O–H groups in total. The molecule has 0 aliphatic carbocycles. The van der Waals surface area contributed by atoms with Crippen molar-refractivity contribution in [3.8, 4) is 6.07 Å². The van der Waals surface area contributed by atoms with Crippen molar-refractivity contribution in [1.29, 1.82) is 5.26 Å². The lowest BCUT2D eigenvalue weighted by Crippen LogP contribution is -2.37. The van der Waals surface area contributed by atoms with E-state index in [1.54, 1.807) is 19.9 Å². The van der Waals surface area contributed by atoms with Gasteiger partial charge in [0, 0.05) is 6.04 Å². The highest BCUT2D eigenvalue weighted by atomic mass is 16.2. The summed E-state index contributed by atoms with van der Waals surface area (Å²) in [4.78, 5) is 21.8. The maximum atomic E-state index is 11.1. The first kappa shape index (κ1) is 10.6. The molecule has 0 aromatic rings. The van der Waals surface area contributed by atoms with E-state index in [1.165, 1.54) is 6.92 Å². The van der Waals surface area contributed by atoms with Crippen molar-refractivity contribution in [2.24, 2.45) is 5.92 Å². The summed E-state index contributed by atoms with van der Waals surface area (Å²) >= 11 is 0. The van der Waals surface area contributed by atoms with Crippen LogP contribution in [0.5, 0.6) is 0 Å². The van der Waals surface area contributed by atoms with E-state index >= 15 is 0 Å². The van der Waals surface area contributed by atoms with Gasteiger partial charge in [0.1, 0.15) is 0 Å². The highest BCUT2D eigenvalue weighted by Gasteiger charge is 2.22. The van der Waals surface area contributed by atoms with E-state index in [4.69, 9.17) is 5.26 Å². The molecule has 0 fully saturated rings. The molecular weight excluding hydrogens is 156 g/mol. The average Bonchev–Trinajstić information content (AvgIpc) is 1.85. The number of carbonyl (C=O) groups is 2. The fourth-order valence-corrected chi connectivity index (χ4v) is 0.702. The molecular formula is C8H12N2O2. The summed E-state index contributed by atoms with van der Waals surface area (Å²) in [6, 6.07) is 1.60. The molecule has 0 spiro atoms. The number of amides is 1. The molecule has 0 saturated carbocycles. The number of nitrogens with zero attached hydrogens (tertiary/aromatic N) is 1. The summed E-state index contributed by atoms with van der Waals surface area (Å²) in [6.45, 7) is 4.77. The molecule has 0 aliphatic rings. The molecule has 1 unspecified atom stereocenters. The monoisotopic (exact) mass is 168 g/mol. The molecule has 1 amide bonds. The molecule has 0 aliphatic heterocycles. The highest BCUT2D eigenvalue weighted by Crippen LogP contribution is 1.96. The molecule has 0 heterocycles. The standard InChI is InChI=1S/C8H12N2O2/c1-5(2)10-8(12)7(4-9)6(3)11/h5,7H,1-3H3,(H,10,12). The smallest absolute Gasteiger partial charge is 0.245 e. The van der Waals surface area contributed by atoms with Crippen LogP contribution in [-0.4, -0.2) is 17.7 Å². The third-order valence-electron chi connectivity index (χ3n) is 1.23. The lowest BCUT2D eigenvalue weighted by Gasteiger charge is -2.09. The molecule has 0 saturated heterocycles. The largest absolute Gasteiger partial charge is 0.352 e. The molecule has 12 heavy (non-hydrogen) atoms. The Morgan fingerprint density at radius 2 is 1.92 bits per heavy atom. The first-order valence-electron chi connectivity index (χ1n) is 3.69. The van der Waals surface area contributed by atoms with Gasteiger partial charge in [0.05, 0.1) is 6.07 Å². The molecule has 66 valence electrons. The normalized spacial score (nSPS) is 11.9. The number of nitriles is 1. The van der Waals surface area contributed by atoms with Crippen LogP contribution < -0.4 is 5.32 Å². The van der Waals surface area contributed by atoms with E-state index in [9.17, 15) is 9.59 Å². The van der Waals surface area contributed by atoms with Crippen molar-refractivity contribution >= 4 is 11.7 Å². The van der Waals surface area contributed by atoms with Gasteiger partial charge >= 0.3 is 0 Å². The maximum absolute atomic E-state index is 11.1.